The maximum atomic E-state index is 13.9. The van der Waals surface area contributed by atoms with Crippen LogP contribution in [0.25, 0.3) is 0 Å². The Labute approximate surface area is 184 Å². The maximum Gasteiger partial charge on any atom is 0.286 e. The van der Waals surface area contributed by atoms with Crippen LogP contribution in [0.4, 0.5) is 10.1 Å². The minimum absolute atomic E-state index is 0.0417. The van der Waals surface area contributed by atoms with Crippen molar-refractivity contribution >= 4 is 17.5 Å². The summed E-state index contributed by atoms with van der Waals surface area (Å²) in [6, 6.07) is 8.29. The van der Waals surface area contributed by atoms with Crippen LogP contribution < -0.4 is 14.8 Å². The molecule has 0 radical (unpaired) electrons. The predicted molar refractivity (Wildman–Crippen MR) is 114 cm³/mol. The van der Waals surface area contributed by atoms with Gasteiger partial charge in [-0.05, 0) is 30.9 Å². The molecule has 2 amide bonds. The van der Waals surface area contributed by atoms with Gasteiger partial charge in [-0.2, -0.15) is 0 Å². The van der Waals surface area contributed by atoms with E-state index in [0.29, 0.717) is 32.5 Å². The lowest BCUT2D eigenvalue weighted by Gasteiger charge is -2.32. The van der Waals surface area contributed by atoms with Crippen LogP contribution in [-0.4, -0.2) is 55.5 Å². The number of rotatable bonds is 7. The number of amides is 2. The second kappa shape index (κ2) is 10.1. The normalized spacial score (nSPS) is 14.0. The van der Waals surface area contributed by atoms with Crippen molar-refractivity contribution in [2.75, 3.05) is 33.9 Å². The quantitative estimate of drug-likeness (QED) is 0.518. The molecule has 2 aromatic carbocycles. The topological polar surface area (TPSA) is 111 Å². The van der Waals surface area contributed by atoms with Crippen molar-refractivity contribution in [3.8, 4) is 11.5 Å². The smallest absolute Gasteiger partial charge is 0.286 e. The largest absolute Gasteiger partial charge is 0.493 e. The van der Waals surface area contributed by atoms with Crippen LogP contribution in [0, 0.1) is 21.8 Å². The molecule has 0 aromatic heterocycles. The van der Waals surface area contributed by atoms with Gasteiger partial charge in [-0.15, -0.1) is 0 Å². The number of halogens is 1. The first kappa shape index (κ1) is 23.0. The van der Waals surface area contributed by atoms with Gasteiger partial charge >= 0.3 is 0 Å². The summed E-state index contributed by atoms with van der Waals surface area (Å²) in [4.78, 5) is 37.5. The fourth-order valence-electron chi connectivity index (χ4n) is 3.68. The third-order valence-corrected chi connectivity index (χ3v) is 5.50. The van der Waals surface area contributed by atoms with Gasteiger partial charge in [0.2, 0.25) is 0 Å². The summed E-state index contributed by atoms with van der Waals surface area (Å²) in [6.07, 6.45) is 1.24. The van der Waals surface area contributed by atoms with Crippen molar-refractivity contribution in [1.82, 2.24) is 10.2 Å². The maximum absolute atomic E-state index is 13.9. The second-order valence-corrected chi connectivity index (χ2v) is 7.41. The number of methoxy groups -OCH3 is 2. The van der Waals surface area contributed by atoms with E-state index in [-0.39, 0.29) is 40.1 Å². The second-order valence-electron chi connectivity index (χ2n) is 7.41. The Hall–Kier alpha value is -3.69. The molecule has 3 rings (SSSR count). The van der Waals surface area contributed by atoms with E-state index in [4.69, 9.17) is 9.47 Å². The average Bonchev–Trinajstić information content (AvgIpc) is 2.81. The van der Waals surface area contributed by atoms with Crippen molar-refractivity contribution in [2.45, 2.75) is 12.8 Å². The summed E-state index contributed by atoms with van der Waals surface area (Å²) in [5.41, 5.74) is -0.467. The minimum Gasteiger partial charge on any atom is -0.493 e. The molecule has 1 saturated heterocycles. The van der Waals surface area contributed by atoms with E-state index < -0.39 is 16.6 Å². The van der Waals surface area contributed by atoms with Gasteiger partial charge in [-0.25, -0.2) is 4.39 Å². The number of ether oxygens (including phenoxy) is 2. The summed E-state index contributed by atoms with van der Waals surface area (Å²) in [5, 5.41) is 14.1. The number of nitro benzene ring substituents is 1. The molecule has 0 spiro atoms. The number of hydrogen-bond donors (Lipinski definition) is 1. The lowest BCUT2D eigenvalue weighted by molar-refractivity contribution is -0.385. The Balaban J connectivity index is 1.60. The number of likely N-dealkylation sites (tertiary alicyclic amines) is 1. The molecule has 1 fully saturated rings. The molecule has 9 nitrogen and oxygen atoms in total. The molecule has 2 aromatic rings. The van der Waals surface area contributed by atoms with E-state index in [1.54, 1.807) is 11.0 Å². The first-order valence-corrected chi connectivity index (χ1v) is 10.1. The summed E-state index contributed by atoms with van der Waals surface area (Å²) in [7, 11) is 2.73. The molecule has 0 unspecified atom stereocenters. The van der Waals surface area contributed by atoms with Gasteiger partial charge in [0.25, 0.3) is 17.5 Å². The Morgan fingerprint density at radius 1 is 1.12 bits per heavy atom. The van der Waals surface area contributed by atoms with Crippen LogP contribution in [-0.2, 0) is 0 Å². The molecule has 1 heterocycles. The molecule has 0 atom stereocenters. The van der Waals surface area contributed by atoms with E-state index in [2.05, 4.69) is 5.32 Å². The third kappa shape index (κ3) is 4.96. The van der Waals surface area contributed by atoms with Gasteiger partial charge in [-0.1, -0.05) is 12.1 Å². The number of nitrogens with zero attached hydrogens (tertiary/aromatic N) is 2. The number of nitrogens with one attached hydrogen (secondary N) is 1. The number of benzene rings is 2. The van der Waals surface area contributed by atoms with Crippen LogP contribution in [0.5, 0.6) is 11.5 Å². The van der Waals surface area contributed by atoms with Crippen molar-refractivity contribution in [2.24, 2.45) is 5.92 Å². The highest BCUT2D eigenvalue weighted by atomic mass is 19.1. The Kier molecular flexibility index (Phi) is 7.24. The minimum atomic E-state index is -0.649. The molecular weight excluding hydrogens is 421 g/mol. The fourth-order valence-corrected chi connectivity index (χ4v) is 3.68. The van der Waals surface area contributed by atoms with E-state index >= 15 is 0 Å². The lowest BCUT2D eigenvalue weighted by atomic mass is 9.96. The van der Waals surface area contributed by atoms with Gasteiger partial charge in [0, 0.05) is 25.7 Å². The number of piperidine rings is 1. The molecular formula is C22H24FN3O6. The number of carbonyl (C=O) groups is 2. The van der Waals surface area contributed by atoms with E-state index in [0.717, 1.165) is 6.07 Å². The van der Waals surface area contributed by atoms with Crippen LogP contribution in [0.2, 0.25) is 0 Å². The summed E-state index contributed by atoms with van der Waals surface area (Å²) in [6.45, 7) is 1.17. The number of hydrogen-bond acceptors (Lipinski definition) is 6. The molecule has 0 aliphatic carbocycles. The first-order valence-electron chi connectivity index (χ1n) is 10.1. The fraction of sp³-hybridized carbons (Fsp3) is 0.364. The molecule has 0 bridgehead atoms. The average molecular weight is 445 g/mol. The lowest BCUT2D eigenvalue weighted by Crippen LogP contribution is -2.41. The van der Waals surface area contributed by atoms with Crippen LogP contribution in [0.3, 0.4) is 0 Å². The van der Waals surface area contributed by atoms with Gasteiger partial charge in [-0.3, -0.25) is 19.7 Å². The van der Waals surface area contributed by atoms with Gasteiger partial charge in [0.1, 0.15) is 11.4 Å². The molecule has 1 aliphatic rings. The van der Waals surface area contributed by atoms with E-state index in [1.165, 1.54) is 38.5 Å². The number of nitro groups is 1. The van der Waals surface area contributed by atoms with Crippen molar-refractivity contribution in [1.29, 1.82) is 0 Å². The standard InChI is InChI=1S/C22H24FN3O6/c1-31-19-11-16(18(26(29)30)12-20(19)32-2)21(27)24-13-14-7-9-25(10-8-14)22(28)15-5-3-4-6-17(15)23/h3-6,11-12,14H,7-10,13H2,1-2H3,(H,24,27). The predicted octanol–water partition coefficient (Wildman–Crippen LogP) is 3.03. The highest BCUT2D eigenvalue weighted by Crippen LogP contribution is 2.34. The summed E-state index contributed by atoms with van der Waals surface area (Å²) >= 11 is 0. The van der Waals surface area contributed by atoms with E-state index in [1.807, 2.05) is 0 Å². The zero-order valence-corrected chi connectivity index (χ0v) is 17.8. The van der Waals surface area contributed by atoms with Crippen LogP contribution in [0.1, 0.15) is 33.6 Å². The molecule has 170 valence electrons. The zero-order chi connectivity index (χ0) is 23.3. The highest BCUT2D eigenvalue weighted by Gasteiger charge is 2.27. The molecule has 0 saturated carbocycles. The van der Waals surface area contributed by atoms with Crippen LogP contribution in [0.15, 0.2) is 36.4 Å². The Bertz CT molecular complexity index is 1020. The van der Waals surface area contributed by atoms with Crippen LogP contribution >= 0.6 is 0 Å². The third-order valence-electron chi connectivity index (χ3n) is 5.50. The van der Waals surface area contributed by atoms with Crippen molar-refractivity contribution < 1.29 is 28.4 Å². The summed E-state index contributed by atoms with van der Waals surface area (Å²) < 4.78 is 24.1. The highest BCUT2D eigenvalue weighted by molar-refractivity contribution is 5.99. The van der Waals surface area contributed by atoms with Crippen molar-refractivity contribution in [3.63, 3.8) is 0 Å². The summed E-state index contributed by atoms with van der Waals surface area (Å²) in [5.74, 6) is -1.05. The van der Waals surface area contributed by atoms with Gasteiger partial charge < -0.3 is 19.7 Å². The Morgan fingerprint density at radius 2 is 1.75 bits per heavy atom. The van der Waals surface area contributed by atoms with Gasteiger partial charge in [0.05, 0.1) is 30.8 Å². The number of carbonyl (C=O) groups excluding carboxylic acids is 2. The Morgan fingerprint density at radius 3 is 2.34 bits per heavy atom. The first-order chi connectivity index (χ1) is 15.3. The SMILES string of the molecule is COc1cc(C(=O)NCC2CCN(C(=O)c3ccccc3F)CC2)c([N+](=O)[O-])cc1OC. The molecule has 1 aliphatic heterocycles. The van der Waals surface area contributed by atoms with Gasteiger partial charge in [0.15, 0.2) is 11.5 Å². The van der Waals surface area contributed by atoms with E-state index in [9.17, 15) is 24.1 Å². The molecule has 10 heteroatoms. The monoisotopic (exact) mass is 445 g/mol. The zero-order valence-electron chi connectivity index (χ0n) is 17.8. The molecule has 32 heavy (non-hydrogen) atoms. The van der Waals surface area contributed by atoms with Crippen molar-refractivity contribution in [3.05, 3.63) is 63.5 Å². The molecule has 1 N–H and O–H groups in total.